The smallest absolute Gasteiger partial charge is 0.338 e. The third-order valence-corrected chi connectivity index (χ3v) is 3.41. The number of nitrogens with zero attached hydrogens (tertiary/aromatic N) is 2. The summed E-state index contributed by atoms with van der Waals surface area (Å²) >= 11 is 0. The molecule has 0 atom stereocenters. The first kappa shape index (κ1) is 12.0. The van der Waals surface area contributed by atoms with E-state index in [9.17, 15) is 4.79 Å². The number of carbonyl (C=O) groups excluding carboxylic acids is 1. The molecule has 0 amide bonds. The lowest BCUT2D eigenvalue weighted by atomic mass is 10.1. The fourth-order valence-corrected chi connectivity index (χ4v) is 2.20. The van der Waals surface area contributed by atoms with Crippen molar-refractivity contribution >= 4 is 5.97 Å². The highest BCUT2D eigenvalue weighted by Gasteiger charge is 2.25. The Morgan fingerprint density at radius 3 is 2.89 bits per heavy atom. The van der Waals surface area contributed by atoms with Gasteiger partial charge in [0.2, 0.25) is 0 Å². The number of carbonyl (C=O) groups is 1. The lowest BCUT2D eigenvalue weighted by Gasteiger charge is -2.07. The minimum absolute atomic E-state index is 0.301. The van der Waals surface area contributed by atoms with Gasteiger partial charge in [0.15, 0.2) is 0 Å². The van der Waals surface area contributed by atoms with Crippen molar-refractivity contribution in [2.75, 3.05) is 7.11 Å². The Morgan fingerprint density at radius 1 is 1.37 bits per heavy atom. The van der Waals surface area contributed by atoms with Crippen LogP contribution in [0.25, 0.3) is 0 Å². The average molecular weight is 256 g/mol. The summed E-state index contributed by atoms with van der Waals surface area (Å²) < 4.78 is 6.68. The van der Waals surface area contributed by atoms with Crippen LogP contribution in [0.2, 0.25) is 0 Å². The van der Waals surface area contributed by atoms with Gasteiger partial charge in [-0.2, -0.15) is 5.10 Å². The second-order valence-electron chi connectivity index (χ2n) is 4.86. The Hall–Kier alpha value is -2.10. The maximum Gasteiger partial charge on any atom is 0.338 e. The van der Waals surface area contributed by atoms with Gasteiger partial charge in [0.25, 0.3) is 0 Å². The lowest BCUT2D eigenvalue weighted by molar-refractivity contribution is 0.0599. The van der Waals surface area contributed by atoms with Gasteiger partial charge >= 0.3 is 5.97 Å². The molecule has 1 aliphatic carbocycles. The van der Waals surface area contributed by atoms with Crippen molar-refractivity contribution in [3.63, 3.8) is 0 Å². The predicted molar refractivity (Wildman–Crippen MR) is 71.1 cm³/mol. The van der Waals surface area contributed by atoms with E-state index in [1.165, 1.54) is 20.0 Å². The summed E-state index contributed by atoms with van der Waals surface area (Å²) in [6, 6.07) is 9.55. The normalized spacial score (nSPS) is 14.4. The molecule has 1 aromatic carbocycles. The molecule has 1 heterocycles. The van der Waals surface area contributed by atoms with Crippen LogP contribution in [0.4, 0.5) is 0 Å². The molecule has 0 aliphatic heterocycles. The summed E-state index contributed by atoms with van der Waals surface area (Å²) in [7, 11) is 1.40. The monoisotopic (exact) mass is 256 g/mol. The van der Waals surface area contributed by atoms with Gasteiger partial charge in [0, 0.05) is 12.1 Å². The summed E-state index contributed by atoms with van der Waals surface area (Å²) in [5.74, 6) is 0.349. The van der Waals surface area contributed by atoms with Gasteiger partial charge in [-0.1, -0.05) is 18.2 Å². The molecule has 0 spiro atoms. The summed E-state index contributed by atoms with van der Waals surface area (Å²) in [5, 5.41) is 4.56. The van der Waals surface area contributed by atoms with Crippen LogP contribution in [0, 0.1) is 0 Å². The van der Waals surface area contributed by atoms with Crippen molar-refractivity contribution in [2.45, 2.75) is 25.3 Å². The summed E-state index contributed by atoms with van der Waals surface area (Å²) in [6.07, 6.45) is 4.47. The first-order valence-corrected chi connectivity index (χ1v) is 6.47. The standard InChI is InChI=1S/C15H16N2O2/c1-19-15(18)13-5-3-2-4-12(13)10-17-9-8-14(16-17)11-6-7-11/h2-5,8-9,11H,6-7,10H2,1H3. The van der Waals surface area contributed by atoms with Crippen molar-refractivity contribution in [2.24, 2.45) is 0 Å². The van der Waals surface area contributed by atoms with Gasteiger partial charge in [-0.25, -0.2) is 4.79 Å². The SMILES string of the molecule is COC(=O)c1ccccc1Cn1ccc(C2CC2)n1. The molecule has 1 aromatic heterocycles. The minimum atomic E-state index is -0.301. The van der Waals surface area contributed by atoms with Crippen molar-refractivity contribution in [1.29, 1.82) is 0 Å². The Bertz CT molecular complexity index is 600. The lowest BCUT2D eigenvalue weighted by Crippen LogP contribution is -2.09. The van der Waals surface area contributed by atoms with Crippen molar-refractivity contribution in [3.8, 4) is 0 Å². The van der Waals surface area contributed by atoms with Gasteiger partial charge < -0.3 is 4.74 Å². The Kier molecular flexibility index (Phi) is 3.07. The quantitative estimate of drug-likeness (QED) is 0.790. The van der Waals surface area contributed by atoms with Crippen LogP contribution in [-0.2, 0) is 11.3 Å². The number of methoxy groups -OCH3 is 1. The molecule has 4 heteroatoms. The maximum absolute atomic E-state index is 11.7. The van der Waals surface area contributed by atoms with Crippen LogP contribution in [-0.4, -0.2) is 22.9 Å². The molecule has 4 nitrogen and oxygen atoms in total. The van der Waals surface area contributed by atoms with E-state index in [0.717, 1.165) is 11.3 Å². The third-order valence-electron chi connectivity index (χ3n) is 3.41. The molecule has 0 radical (unpaired) electrons. The molecule has 1 saturated carbocycles. The zero-order valence-electron chi connectivity index (χ0n) is 10.9. The number of ether oxygens (including phenoxy) is 1. The predicted octanol–water partition coefficient (Wildman–Crippen LogP) is 2.60. The van der Waals surface area contributed by atoms with E-state index >= 15 is 0 Å². The number of hydrogen-bond acceptors (Lipinski definition) is 3. The van der Waals surface area contributed by atoms with Crippen LogP contribution in [0.5, 0.6) is 0 Å². The molecule has 0 bridgehead atoms. The molecule has 3 rings (SSSR count). The van der Waals surface area contributed by atoms with E-state index in [2.05, 4.69) is 11.2 Å². The highest BCUT2D eigenvalue weighted by molar-refractivity contribution is 5.90. The summed E-state index contributed by atoms with van der Waals surface area (Å²) in [4.78, 5) is 11.7. The van der Waals surface area contributed by atoms with E-state index in [1.54, 1.807) is 6.07 Å². The van der Waals surface area contributed by atoms with Crippen LogP contribution in [0.3, 0.4) is 0 Å². The highest BCUT2D eigenvalue weighted by atomic mass is 16.5. The molecule has 98 valence electrons. The van der Waals surface area contributed by atoms with E-state index in [0.29, 0.717) is 18.0 Å². The van der Waals surface area contributed by atoms with E-state index < -0.39 is 0 Å². The second-order valence-corrected chi connectivity index (χ2v) is 4.86. The number of hydrogen-bond donors (Lipinski definition) is 0. The Morgan fingerprint density at radius 2 is 2.16 bits per heavy atom. The van der Waals surface area contributed by atoms with Crippen LogP contribution < -0.4 is 0 Å². The van der Waals surface area contributed by atoms with Gasteiger partial charge in [-0.05, 0) is 30.5 Å². The average Bonchev–Trinajstić information content (AvgIpc) is 3.19. The maximum atomic E-state index is 11.7. The van der Waals surface area contributed by atoms with Gasteiger partial charge in [-0.3, -0.25) is 4.68 Å². The summed E-state index contributed by atoms with van der Waals surface area (Å²) in [5.41, 5.74) is 2.70. The number of aromatic nitrogens is 2. The van der Waals surface area contributed by atoms with Crippen molar-refractivity contribution in [1.82, 2.24) is 9.78 Å². The molecular weight excluding hydrogens is 240 g/mol. The topological polar surface area (TPSA) is 44.1 Å². The molecule has 0 saturated heterocycles. The minimum Gasteiger partial charge on any atom is -0.465 e. The van der Waals surface area contributed by atoms with E-state index in [-0.39, 0.29) is 5.97 Å². The fourth-order valence-electron chi connectivity index (χ4n) is 2.20. The number of esters is 1. The highest BCUT2D eigenvalue weighted by Crippen LogP contribution is 2.38. The fraction of sp³-hybridized carbons (Fsp3) is 0.333. The zero-order valence-corrected chi connectivity index (χ0v) is 10.9. The molecule has 0 unspecified atom stereocenters. The van der Waals surface area contributed by atoms with Crippen LogP contribution >= 0.6 is 0 Å². The summed E-state index contributed by atoms with van der Waals surface area (Å²) in [6.45, 7) is 0.595. The van der Waals surface area contributed by atoms with Crippen LogP contribution in [0.1, 0.15) is 40.4 Å². The molecular formula is C15H16N2O2. The molecule has 0 N–H and O–H groups in total. The Labute approximate surface area is 112 Å². The first-order chi connectivity index (χ1) is 9.28. The molecule has 1 fully saturated rings. The van der Waals surface area contributed by atoms with Gasteiger partial charge in [-0.15, -0.1) is 0 Å². The largest absolute Gasteiger partial charge is 0.465 e. The molecule has 1 aliphatic rings. The zero-order chi connectivity index (χ0) is 13.2. The molecule has 2 aromatic rings. The van der Waals surface area contributed by atoms with Gasteiger partial charge in [0.05, 0.1) is 24.9 Å². The third kappa shape index (κ3) is 2.52. The number of benzene rings is 1. The second kappa shape index (κ2) is 4.88. The van der Waals surface area contributed by atoms with E-state index in [1.807, 2.05) is 29.1 Å². The molecule has 19 heavy (non-hydrogen) atoms. The number of rotatable bonds is 4. The van der Waals surface area contributed by atoms with E-state index in [4.69, 9.17) is 4.74 Å². The van der Waals surface area contributed by atoms with Gasteiger partial charge in [0.1, 0.15) is 0 Å². The Balaban J connectivity index is 1.83. The van der Waals surface area contributed by atoms with Crippen molar-refractivity contribution < 1.29 is 9.53 Å². The van der Waals surface area contributed by atoms with Crippen LogP contribution in [0.15, 0.2) is 36.5 Å². The first-order valence-electron chi connectivity index (χ1n) is 6.47. The van der Waals surface area contributed by atoms with Crippen molar-refractivity contribution in [3.05, 3.63) is 53.3 Å².